The Balaban J connectivity index is 3.28. The summed E-state index contributed by atoms with van der Waals surface area (Å²) in [6.07, 6.45) is 0. The van der Waals surface area contributed by atoms with Crippen LogP contribution in [0.5, 0.6) is 0 Å². The fraction of sp³-hybridized carbons (Fsp3) is 0.400. The summed E-state index contributed by atoms with van der Waals surface area (Å²) in [5.74, 6) is -0.289. The Morgan fingerprint density at radius 2 is 1.77 bits per heavy atom. The number of halogens is 1. The normalized spacial score (nSPS) is 10.2. The minimum Gasteiger partial charge on any atom is -0.207 e. The second-order valence-corrected chi connectivity index (χ2v) is 3.08. The number of aryl methyl sites for hydroxylation is 2. The summed E-state index contributed by atoms with van der Waals surface area (Å²) >= 11 is 0. The Bertz CT molecular complexity index is 324. The van der Waals surface area contributed by atoms with Gasteiger partial charge in [-0.15, -0.1) is 0 Å². The molecule has 0 saturated heterocycles. The maximum absolute atomic E-state index is 12.9. The van der Waals surface area contributed by atoms with Crippen LogP contribution in [-0.2, 0) is 0 Å². The van der Waals surface area contributed by atoms with Crippen molar-refractivity contribution in [3.05, 3.63) is 34.0 Å². The molecule has 0 amide bonds. The van der Waals surface area contributed by atoms with Crippen LogP contribution < -0.4 is 0 Å². The quantitative estimate of drug-likeness (QED) is 0.644. The van der Waals surface area contributed by atoms with Gasteiger partial charge in [0.1, 0.15) is 5.82 Å². The van der Waals surface area contributed by atoms with Gasteiger partial charge in [0, 0.05) is 20.8 Å². The monoisotopic (exact) mass is 182 g/mol. The number of hydrogen-bond acceptors (Lipinski definition) is 1. The third-order valence-electron chi connectivity index (χ3n) is 1.99. The van der Waals surface area contributed by atoms with Gasteiger partial charge in [-0.3, -0.25) is 0 Å². The van der Waals surface area contributed by atoms with Gasteiger partial charge in [0.05, 0.1) is 0 Å². The first-order valence-corrected chi connectivity index (χ1v) is 4.27. The first-order chi connectivity index (χ1) is 6.06. The maximum Gasteiger partial charge on any atom is 0.261 e. The van der Waals surface area contributed by atoms with E-state index in [1.165, 1.54) is 12.1 Å². The molecule has 0 fully saturated rings. The van der Waals surface area contributed by atoms with E-state index in [1.807, 2.05) is 0 Å². The summed E-state index contributed by atoms with van der Waals surface area (Å²) in [6.45, 7) is 5.64. The van der Waals surface area contributed by atoms with Gasteiger partial charge in [0.2, 0.25) is 0 Å². The lowest BCUT2D eigenvalue weighted by atomic mass is 10.1. The van der Waals surface area contributed by atoms with Crippen LogP contribution in [0.4, 0.5) is 10.1 Å². The average molecular weight is 182 g/mol. The zero-order valence-electron chi connectivity index (χ0n) is 8.10. The summed E-state index contributed by atoms with van der Waals surface area (Å²) in [7, 11) is 0. The van der Waals surface area contributed by atoms with Crippen molar-refractivity contribution < 1.29 is 9.15 Å². The van der Waals surface area contributed by atoms with E-state index in [9.17, 15) is 9.30 Å². The molecule has 0 saturated carbocycles. The van der Waals surface area contributed by atoms with Gasteiger partial charge < -0.3 is 0 Å². The first-order valence-electron chi connectivity index (χ1n) is 4.27. The molecule has 0 aliphatic rings. The van der Waals surface area contributed by atoms with Crippen LogP contribution in [0.2, 0.25) is 0 Å². The topological polar surface area (TPSA) is 20.1 Å². The van der Waals surface area contributed by atoms with Crippen molar-refractivity contribution in [2.45, 2.75) is 20.8 Å². The first kappa shape index (κ1) is 9.84. The molecule has 0 aliphatic carbocycles. The molecular formula is C10H13FNO+. The maximum atomic E-state index is 12.9. The molecule has 0 heterocycles. The summed E-state index contributed by atoms with van der Waals surface area (Å²) < 4.78 is 13.7. The summed E-state index contributed by atoms with van der Waals surface area (Å²) in [5.41, 5.74) is 1.97. The van der Waals surface area contributed by atoms with Crippen LogP contribution in [0.25, 0.3) is 0 Å². The molecular weight excluding hydrogens is 169 g/mol. The number of hydrogen-bond donors (Lipinski definition) is 0. The molecule has 0 aromatic heterocycles. The Hall–Kier alpha value is -1.25. The van der Waals surface area contributed by atoms with Crippen molar-refractivity contribution in [2.75, 3.05) is 6.54 Å². The Morgan fingerprint density at radius 3 is 2.15 bits per heavy atom. The van der Waals surface area contributed by atoms with Crippen LogP contribution in [0.1, 0.15) is 18.1 Å². The highest BCUT2D eigenvalue weighted by Crippen LogP contribution is 2.23. The highest BCUT2D eigenvalue weighted by Gasteiger charge is 2.18. The van der Waals surface area contributed by atoms with E-state index in [1.54, 1.807) is 20.8 Å². The molecule has 0 N–H and O–H groups in total. The molecule has 70 valence electrons. The van der Waals surface area contributed by atoms with Crippen LogP contribution >= 0.6 is 0 Å². The van der Waals surface area contributed by atoms with Crippen LogP contribution in [0, 0.1) is 24.6 Å². The molecule has 3 heteroatoms. The van der Waals surface area contributed by atoms with Crippen molar-refractivity contribution in [2.24, 2.45) is 0 Å². The summed E-state index contributed by atoms with van der Waals surface area (Å²) in [5, 5.41) is 0. The Labute approximate surface area is 77.0 Å². The van der Waals surface area contributed by atoms with Crippen LogP contribution in [-0.4, -0.2) is 11.3 Å². The number of nitroso groups, excluding NO2 is 1. The van der Waals surface area contributed by atoms with Gasteiger partial charge in [-0.25, -0.2) is 4.39 Å². The molecule has 1 aromatic carbocycles. The molecule has 0 radical (unpaired) electrons. The second-order valence-electron chi connectivity index (χ2n) is 3.08. The van der Waals surface area contributed by atoms with E-state index in [-0.39, 0.29) is 5.82 Å². The standard InChI is InChI=1S/C10H13FNO/c1-4-12(13)10-7(2)5-9(11)6-8(10)3/h5-6H,4H2,1-3H3/q+1. The van der Waals surface area contributed by atoms with Crippen molar-refractivity contribution in [1.82, 2.24) is 0 Å². The van der Waals surface area contributed by atoms with Crippen molar-refractivity contribution in [1.29, 1.82) is 0 Å². The summed E-state index contributed by atoms with van der Waals surface area (Å²) in [4.78, 5) is 11.4. The number of nitrogens with zero attached hydrogens (tertiary/aromatic N) is 1. The Morgan fingerprint density at radius 1 is 1.31 bits per heavy atom. The average Bonchev–Trinajstić information content (AvgIpc) is 2.02. The van der Waals surface area contributed by atoms with E-state index in [0.717, 1.165) is 4.76 Å². The van der Waals surface area contributed by atoms with Crippen molar-refractivity contribution in [3.63, 3.8) is 0 Å². The Kier molecular flexibility index (Phi) is 2.76. The molecule has 2 nitrogen and oxygen atoms in total. The van der Waals surface area contributed by atoms with Crippen molar-refractivity contribution in [3.8, 4) is 0 Å². The smallest absolute Gasteiger partial charge is 0.207 e. The molecule has 0 bridgehead atoms. The third-order valence-corrected chi connectivity index (χ3v) is 1.99. The van der Waals surface area contributed by atoms with E-state index < -0.39 is 0 Å². The minimum absolute atomic E-state index is 0.289. The number of benzene rings is 1. The highest BCUT2D eigenvalue weighted by molar-refractivity contribution is 5.46. The lowest BCUT2D eigenvalue weighted by Gasteiger charge is -2.00. The van der Waals surface area contributed by atoms with Crippen LogP contribution in [0.15, 0.2) is 12.1 Å². The number of rotatable bonds is 2. The molecule has 1 aromatic rings. The van der Waals surface area contributed by atoms with Gasteiger partial charge in [-0.05, 0) is 32.9 Å². The second kappa shape index (κ2) is 3.64. The minimum atomic E-state index is -0.289. The van der Waals surface area contributed by atoms with Gasteiger partial charge in [0.15, 0.2) is 6.54 Å². The molecule has 0 aliphatic heterocycles. The lowest BCUT2D eigenvalue weighted by molar-refractivity contribution is -0.459. The van der Waals surface area contributed by atoms with Gasteiger partial charge in [-0.1, -0.05) is 0 Å². The summed E-state index contributed by atoms with van der Waals surface area (Å²) in [6, 6.07) is 2.76. The largest absolute Gasteiger partial charge is 0.261 e. The van der Waals surface area contributed by atoms with Crippen LogP contribution in [0.3, 0.4) is 0 Å². The highest BCUT2D eigenvalue weighted by atomic mass is 19.1. The van der Waals surface area contributed by atoms with Gasteiger partial charge >= 0.3 is 0 Å². The lowest BCUT2D eigenvalue weighted by Crippen LogP contribution is -2.03. The fourth-order valence-electron chi connectivity index (χ4n) is 1.45. The molecule has 1 rings (SSSR count). The molecule has 0 atom stereocenters. The molecule has 0 unspecified atom stereocenters. The van der Waals surface area contributed by atoms with Gasteiger partial charge in [0.25, 0.3) is 5.69 Å². The van der Waals surface area contributed by atoms with Gasteiger partial charge in [-0.2, -0.15) is 0 Å². The zero-order valence-corrected chi connectivity index (χ0v) is 8.10. The van der Waals surface area contributed by atoms with Crippen molar-refractivity contribution >= 4 is 5.69 Å². The van der Waals surface area contributed by atoms with E-state index in [0.29, 0.717) is 23.4 Å². The zero-order chi connectivity index (χ0) is 10.0. The predicted molar refractivity (Wildman–Crippen MR) is 49.7 cm³/mol. The predicted octanol–water partition coefficient (Wildman–Crippen LogP) is 2.87. The third kappa shape index (κ3) is 1.91. The van der Waals surface area contributed by atoms with E-state index in [2.05, 4.69) is 0 Å². The van der Waals surface area contributed by atoms with E-state index in [4.69, 9.17) is 0 Å². The molecule has 0 spiro atoms. The molecule has 13 heavy (non-hydrogen) atoms. The van der Waals surface area contributed by atoms with E-state index >= 15 is 0 Å². The SMILES string of the molecule is CC[N+](=O)c1c(C)cc(F)cc1C. The fourth-order valence-corrected chi connectivity index (χ4v) is 1.45.